The number of fused-ring (bicyclic) bond motifs is 1. The normalized spacial score (nSPS) is 11.5. The molecule has 0 saturated carbocycles. The molecule has 0 radical (unpaired) electrons. The molecule has 1 atom stereocenters. The number of rotatable bonds is 12. The van der Waals surface area contributed by atoms with E-state index >= 15 is 0 Å². The average molecular weight is 630 g/mol. The lowest BCUT2D eigenvalue weighted by Crippen LogP contribution is -2.42. The molecule has 11 nitrogen and oxygen atoms in total. The van der Waals surface area contributed by atoms with E-state index in [4.69, 9.17) is 30.5 Å². The summed E-state index contributed by atoms with van der Waals surface area (Å²) in [5.74, 6) is 0.950. The molecule has 12 heteroatoms. The van der Waals surface area contributed by atoms with Gasteiger partial charge in [0.05, 0.1) is 39.6 Å². The lowest BCUT2D eigenvalue weighted by atomic mass is 10.0. The van der Waals surface area contributed by atoms with E-state index in [1.807, 2.05) is 36.4 Å². The summed E-state index contributed by atoms with van der Waals surface area (Å²) in [6.45, 7) is -0.0914. The molecule has 1 unspecified atom stereocenters. The predicted octanol–water partition coefficient (Wildman–Crippen LogP) is 5.53. The van der Waals surface area contributed by atoms with Crippen molar-refractivity contribution in [3.8, 4) is 23.0 Å². The SMILES string of the molecule is COc1ccc(NC(=O)C(c2ccc(OC)c(OC)c2)N(Cc2ccc(Cl)cc2)C(=O)Cn2nnc3ccccc32)c(OC)c1. The minimum atomic E-state index is -1.13. The second-order valence-electron chi connectivity index (χ2n) is 9.96. The molecule has 1 aromatic heterocycles. The molecule has 45 heavy (non-hydrogen) atoms. The minimum Gasteiger partial charge on any atom is -0.497 e. The number of hydrogen-bond acceptors (Lipinski definition) is 8. The van der Waals surface area contributed by atoms with E-state index in [1.165, 1.54) is 30.9 Å². The van der Waals surface area contributed by atoms with E-state index < -0.39 is 11.9 Å². The van der Waals surface area contributed by atoms with Crippen LogP contribution >= 0.6 is 11.6 Å². The van der Waals surface area contributed by atoms with Gasteiger partial charge in [-0.2, -0.15) is 0 Å². The molecule has 2 amide bonds. The average Bonchev–Trinajstić information content (AvgIpc) is 3.47. The number of para-hydroxylation sites is 1. The lowest BCUT2D eigenvalue weighted by Gasteiger charge is -2.32. The summed E-state index contributed by atoms with van der Waals surface area (Å²) in [5.41, 5.74) is 2.98. The first kappa shape index (κ1) is 31.1. The van der Waals surface area contributed by atoms with Gasteiger partial charge < -0.3 is 29.2 Å². The molecule has 5 rings (SSSR count). The summed E-state index contributed by atoms with van der Waals surface area (Å²) < 4.78 is 23.4. The lowest BCUT2D eigenvalue weighted by molar-refractivity contribution is -0.140. The molecule has 4 aromatic carbocycles. The first-order valence-electron chi connectivity index (χ1n) is 13.9. The summed E-state index contributed by atoms with van der Waals surface area (Å²) in [6.07, 6.45) is 0. The molecular formula is C33H32ClN5O6. The maximum atomic E-state index is 14.4. The van der Waals surface area contributed by atoms with Gasteiger partial charge in [0.25, 0.3) is 5.91 Å². The molecule has 0 aliphatic carbocycles. The Kier molecular flexibility index (Phi) is 9.69. The smallest absolute Gasteiger partial charge is 0.251 e. The van der Waals surface area contributed by atoms with E-state index in [0.717, 1.165) is 5.56 Å². The van der Waals surface area contributed by atoms with Crippen LogP contribution in [0.2, 0.25) is 5.02 Å². The number of nitrogens with zero attached hydrogens (tertiary/aromatic N) is 4. The van der Waals surface area contributed by atoms with Crippen molar-refractivity contribution >= 4 is 40.1 Å². The van der Waals surface area contributed by atoms with Crippen molar-refractivity contribution < 1.29 is 28.5 Å². The van der Waals surface area contributed by atoms with Gasteiger partial charge in [0.1, 0.15) is 29.6 Å². The molecule has 0 bridgehead atoms. The van der Waals surface area contributed by atoms with Crippen molar-refractivity contribution in [3.05, 3.63) is 101 Å². The molecule has 0 aliphatic rings. The molecule has 0 spiro atoms. The number of aromatic nitrogens is 3. The van der Waals surface area contributed by atoms with E-state index in [2.05, 4.69) is 15.6 Å². The van der Waals surface area contributed by atoms with Gasteiger partial charge in [-0.3, -0.25) is 9.59 Å². The fourth-order valence-electron chi connectivity index (χ4n) is 4.96. The van der Waals surface area contributed by atoms with Gasteiger partial charge in [0, 0.05) is 17.6 Å². The van der Waals surface area contributed by atoms with E-state index in [1.54, 1.807) is 55.6 Å². The number of methoxy groups -OCH3 is 4. The zero-order valence-electron chi connectivity index (χ0n) is 25.2. The van der Waals surface area contributed by atoms with E-state index in [9.17, 15) is 9.59 Å². The third kappa shape index (κ3) is 6.94. The van der Waals surface area contributed by atoms with Crippen LogP contribution in [-0.4, -0.2) is 60.1 Å². The van der Waals surface area contributed by atoms with Crippen LogP contribution in [0.5, 0.6) is 23.0 Å². The zero-order valence-corrected chi connectivity index (χ0v) is 25.9. The third-order valence-corrected chi connectivity index (χ3v) is 7.49. The summed E-state index contributed by atoms with van der Waals surface area (Å²) in [6, 6.07) is 23.4. The highest BCUT2D eigenvalue weighted by Crippen LogP contribution is 2.35. The Morgan fingerprint density at radius 2 is 1.58 bits per heavy atom. The van der Waals surface area contributed by atoms with Crippen molar-refractivity contribution in [1.82, 2.24) is 19.9 Å². The molecular weight excluding hydrogens is 598 g/mol. The molecule has 0 saturated heterocycles. The van der Waals surface area contributed by atoms with Crippen molar-refractivity contribution in [2.24, 2.45) is 0 Å². The van der Waals surface area contributed by atoms with Crippen LogP contribution in [0.1, 0.15) is 17.2 Å². The number of carbonyl (C=O) groups is 2. The number of nitrogens with one attached hydrogen (secondary N) is 1. The Balaban J connectivity index is 1.61. The highest BCUT2D eigenvalue weighted by Gasteiger charge is 2.33. The van der Waals surface area contributed by atoms with Crippen LogP contribution in [0.3, 0.4) is 0 Å². The highest BCUT2D eigenvalue weighted by atomic mass is 35.5. The zero-order chi connectivity index (χ0) is 31.9. The predicted molar refractivity (Wildman–Crippen MR) is 170 cm³/mol. The number of anilines is 1. The quantitative estimate of drug-likeness (QED) is 0.192. The van der Waals surface area contributed by atoms with Crippen LogP contribution in [0.25, 0.3) is 11.0 Å². The summed E-state index contributed by atoms with van der Waals surface area (Å²) in [4.78, 5) is 30.2. The van der Waals surface area contributed by atoms with Gasteiger partial charge in [-0.05, 0) is 59.7 Å². The third-order valence-electron chi connectivity index (χ3n) is 7.24. The molecule has 0 aliphatic heterocycles. The standard InChI is InChI=1S/C33H32ClN5O6/c1-42-24-14-15-26(29(18-24)44-3)35-33(41)32(22-11-16-28(43-2)30(17-22)45-4)38(19-21-9-12-23(34)13-10-21)31(40)20-39-27-8-6-5-7-25(27)36-37-39/h5-18,32H,19-20H2,1-4H3,(H,35,41). The van der Waals surface area contributed by atoms with Crippen LogP contribution < -0.4 is 24.3 Å². The Hall–Kier alpha value is -5.29. The van der Waals surface area contributed by atoms with Gasteiger partial charge in [0.15, 0.2) is 11.5 Å². The summed E-state index contributed by atoms with van der Waals surface area (Å²) in [5, 5.41) is 11.9. The monoisotopic (exact) mass is 629 g/mol. The van der Waals surface area contributed by atoms with E-state index in [0.29, 0.717) is 50.3 Å². The highest BCUT2D eigenvalue weighted by molar-refractivity contribution is 6.30. The van der Waals surface area contributed by atoms with Crippen LogP contribution in [-0.2, 0) is 22.7 Å². The van der Waals surface area contributed by atoms with Crippen molar-refractivity contribution in [3.63, 3.8) is 0 Å². The molecule has 1 heterocycles. The second kappa shape index (κ2) is 14.0. The van der Waals surface area contributed by atoms with E-state index in [-0.39, 0.29) is 19.0 Å². The number of halogens is 1. The Morgan fingerprint density at radius 3 is 2.29 bits per heavy atom. The topological polar surface area (TPSA) is 117 Å². The number of amides is 2. The Morgan fingerprint density at radius 1 is 0.844 bits per heavy atom. The first-order valence-corrected chi connectivity index (χ1v) is 14.3. The Bertz CT molecular complexity index is 1810. The minimum absolute atomic E-state index is 0.0782. The Labute approximate surface area is 265 Å². The number of carbonyl (C=O) groups excluding carboxylic acids is 2. The number of benzene rings is 4. The van der Waals surface area contributed by atoms with Crippen molar-refractivity contribution in [2.45, 2.75) is 19.1 Å². The van der Waals surface area contributed by atoms with Gasteiger partial charge >= 0.3 is 0 Å². The van der Waals surface area contributed by atoms with Crippen molar-refractivity contribution in [1.29, 1.82) is 0 Å². The fraction of sp³-hybridized carbons (Fsp3) is 0.212. The molecule has 5 aromatic rings. The molecule has 1 N–H and O–H groups in total. The maximum Gasteiger partial charge on any atom is 0.251 e. The fourth-order valence-corrected chi connectivity index (χ4v) is 5.09. The van der Waals surface area contributed by atoms with Gasteiger partial charge in [-0.15, -0.1) is 5.10 Å². The summed E-state index contributed by atoms with van der Waals surface area (Å²) in [7, 11) is 6.07. The van der Waals surface area contributed by atoms with Crippen LogP contribution in [0, 0.1) is 0 Å². The van der Waals surface area contributed by atoms with Crippen molar-refractivity contribution in [2.75, 3.05) is 33.8 Å². The first-order chi connectivity index (χ1) is 21.8. The van der Waals surface area contributed by atoms with Crippen LogP contribution in [0.4, 0.5) is 5.69 Å². The molecule has 0 fully saturated rings. The second-order valence-corrected chi connectivity index (χ2v) is 10.4. The van der Waals surface area contributed by atoms with Crippen LogP contribution in [0.15, 0.2) is 84.9 Å². The maximum absolute atomic E-state index is 14.4. The number of hydrogen-bond donors (Lipinski definition) is 1. The van der Waals surface area contributed by atoms with Gasteiger partial charge in [0.2, 0.25) is 5.91 Å². The summed E-state index contributed by atoms with van der Waals surface area (Å²) >= 11 is 6.16. The van der Waals surface area contributed by atoms with Gasteiger partial charge in [-0.1, -0.05) is 47.1 Å². The largest absolute Gasteiger partial charge is 0.497 e. The van der Waals surface area contributed by atoms with Gasteiger partial charge in [-0.25, -0.2) is 4.68 Å². The number of ether oxygens (including phenoxy) is 4. The molecule has 232 valence electrons.